The first kappa shape index (κ1) is 24.4. The van der Waals surface area contributed by atoms with Gasteiger partial charge in [0.1, 0.15) is 5.60 Å². The third kappa shape index (κ3) is 3.96. The minimum atomic E-state index is -0.522. The molecule has 2 aliphatic rings. The van der Waals surface area contributed by atoms with Gasteiger partial charge in [0.15, 0.2) is 5.78 Å². The number of benzene rings is 2. The molecule has 1 amide bonds. The van der Waals surface area contributed by atoms with Crippen LogP contribution in [0.15, 0.2) is 34.8 Å². The molecule has 1 N–H and O–H groups in total. The first-order chi connectivity index (χ1) is 16.9. The Morgan fingerprint density at radius 1 is 1.14 bits per heavy atom. The van der Waals surface area contributed by atoms with Gasteiger partial charge in [0, 0.05) is 58.2 Å². The van der Waals surface area contributed by atoms with Crippen LogP contribution in [0.5, 0.6) is 0 Å². The molecule has 1 aromatic heterocycles. The number of halogens is 1. The number of rotatable bonds is 1. The minimum Gasteiger partial charge on any atom is -0.444 e. The summed E-state index contributed by atoms with van der Waals surface area (Å²) in [6, 6.07) is 11.6. The molecule has 7 nitrogen and oxygen atoms in total. The Labute approximate surface area is 219 Å². The van der Waals surface area contributed by atoms with Crippen LogP contribution in [-0.2, 0) is 10.2 Å². The summed E-state index contributed by atoms with van der Waals surface area (Å²) in [5, 5.41) is 10.1. The van der Waals surface area contributed by atoms with E-state index < -0.39 is 11.0 Å². The predicted molar refractivity (Wildman–Crippen MR) is 143 cm³/mol. The molecule has 0 radical (unpaired) electrons. The van der Waals surface area contributed by atoms with Gasteiger partial charge >= 0.3 is 6.09 Å². The van der Waals surface area contributed by atoms with Gasteiger partial charge in [-0.25, -0.2) is 4.79 Å². The van der Waals surface area contributed by atoms with E-state index in [1.165, 1.54) is 0 Å². The number of anilines is 1. The number of ketones is 1. The molecule has 1 fully saturated rings. The van der Waals surface area contributed by atoms with E-state index in [1.54, 1.807) is 17.0 Å². The van der Waals surface area contributed by atoms with Crippen molar-refractivity contribution in [2.24, 2.45) is 0 Å². The number of carbonyl (C=O) groups excluding carboxylic acids is 2. The maximum Gasteiger partial charge on any atom is 0.410 e. The lowest BCUT2D eigenvalue weighted by molar-refractivity contribution is 0.0240. The highest BCUT2D eigenvalue weighted by atomic mass is 79.9. The fourth-order valence-corrected chi connectivity index (χ4v) is 5.80. The van der Waals surface area contributed by atoms with Crippen LogP contribution in [0.25, 0.3) is 10.9 Å². The number of fused-ring (bicyclic) bond motifs is 4. The monoisotopic (exact) mass is 548 g/mol. The maximum atomic E-state index is 13.7. The minimum absolute atomic E-state index is 0.0164. The molecule has 36 heavy (non-hydrogen) atoms. The number of H-pyrrole nitrogens is 1. The van der Waals surface area contributed by atoms with Gasteiger partial charge in [-0.1, -0.05) is 19.9 Å². The third-order valence-corrected chi connectivity index (χ3v) is 7.69. The molecule has 2 heterocycles. The number of carbonyl (C=O) groups is 2. The summed E-state index contributed by atoms with van der Waals surface area (Å²) in [5.41, 5.74) is 4.57. The average molecular weight is 549 g/mol. The Morgan fingerprint density at radius 2 is 1.83 bits per heavy atom. The molecule has 0 bridgehead atoms. The summed E-state index contributed by atoms with van der Waals surface area (Å²) in [4.78, 5) is 33.6. The van der Waals surface area contributed by atoms with E-state index in [0.717, 1.165) is 32.3 Å². The SMILES string of the molecule is CC(C)(C)OC(=O)N1CCN(c2cc3c(cc2Br)C(=O)c2c([nH]c4cc(C#N)ccc24)C3(C)C)CC1. The van der Waals surface area contributed by atoms with Crippen LogP contribution in [0.3, 0.4) is 0 Å². The number of hydrogen-bond acceptors (Lipinski definition) is 5. The Hall–Kier alpha value is -3.31. The van der Waals surface area contributed by atoms with Gasteiger partial charge in [-0.05, 0) is 66.5 Å². The number of nitriles is 1. The molecule has 0 atom stereocenters. The smallest absolute Gasteiger partial charge is 0.410 e. The number of hydrogen-bond donors (Lipinski definition) is 1. The summed E-state index contributed by atoms with van der Waals surface area (Å²) in [7, 11) is 0. The number of ether oxygens (including phenoxy) is 1. The Morgan fingerprint density at radius 3 is 2.47 bits per heavy atom. The van der Waals surface area contributed by atoms with Crippen molar-refractivity contribution in [3.8, 4) is 6.07 Å². The van der Waals surface area contributed by atoms with Crippen LogP contribution in [0.1, 0.15) is 67.4 Å². The molecule has 186 valence electrons. The molecule has 0 saturated carbocycles. The van der Waals surface area contributed by atoms with Crippen LogP contribution in [0.4, 0.5) is 10.5 Å². The maximum absolute atomic E-state index is 13.7. The van der Waals surface area contributed by atoms with Crippen LogP contribution in [0.2, 0.25) is 0 Å². The van der Waals surface area contributed by atoms with Crippen molar-refractivity contribution >= 4 is 44.4 Å². The summed E-state index contributed by atoms with van der Waals surface area (Å²) in [6.07, 6.45) is -0.288. The number of piperazine rings is 1. The zero-order chi connectivity index (χ0) is 26.0. The first-order valence-corrected chi connectivity index (χ1v) is 12.9. The molecule has 5 rings (SSSR count). The molecule has 2 aromatic carbocycles. The first-order valence-electron chi connectivity index (χ1n) is 12.1. The van der Waals surface area contributed by atoms with E-state index in [9.17, 15) is 14.9 Å². The second-order valence-electron chi connectivity index (χ2n) is 11.0. The number of aromatic nitrogens is 1. The van der Waals surface area contributed by atoms with E-state index in [1.807, 2.05) is 32.9 Å². The third-order valence-electron chi connectivity index (χ3n) is 7.06. The van der Waals surface area contributed by atoms with Gasteiger partial charge < -0.3 is 19.5 Å². The molecule has 0 spiro atoms. The van der Waals surface area contributed by atoms with Crippen molar-refractivity contribution < 1.29 is 14.3 Å². The van der Waals surface area contributed by atoms with E-state index in [-0.39, 0.29) is 11.9 Å². The molecule has 8 heteroatoms. The molecular weight excluding hydrogens is 520 g/mol. The van der Waals surface area contributed by atoms with E-state index in [4.69, 9.17) is 4.74 Å². The second-order valence-corrected chi connectivity index (χ2v) is 11.9. The van der Waals surface area contributed by atoms with Crippen molar-refractivity contribution in [2.45, 2.75) is 45.6 Å². The van der Waals surface area contributed by atoms with Crippen molar-refractivity contribution in [1.82, 2.24) is 9.88 Å². The lowest BCUT2D eigenvalue weighted by Gasteiger charge is -2.38. The molecule has 1 saturated heterocycles. The van der Waals surface area contributed by atoms with Crippen LogP contribution in [0, 0.1) is 11.3 Å². The Balaban J connectivity index is 1.48. The summed E-state index contributed by atoms with van der Waals surface area (Å²) >= 11 is 3.72. The van der Waals surface area contributed by atoms with Gasteiger partial charge in [0.05, 0.1) is 22.9 Å². The normalized spacial score (nSPS) is 17.0. The van der Waals surface area contributed by atoms with Crippen molar-refractivity contribution in [2.75, 3.05) is 31.1 Å². The lowest BCUT2D eigenvalue weighted by atomic mass is 9.71. The Bertz CT molecular complexity index is 1450. The van der Waals surface area contributed by atoms with Gasteiger partial charge in [-0.2, -0.15) is 5.26 Å². The highest BCUT2D eigenvalue weighted by Crippen LogP contribution is 2.46. The summed E-state index contributed by atoms with van der Waals surface area (Å²) < 4.78 is 6.38. The average Bonchev–Trinajstić information content (AvgIpc) is 3.21. The molecule has 3 aromatic rings. The number of aromatic amines is 1. The van der Waals surface area contributed by atoms with Crippen molar-refractivity contribution in [3.05, 3.63) is 62.8 Å². The van der Waals surface area contributed by atoms with E-state index in [0.29, 0.717) is 42.9 Å². The van der Waals surface area contributed by atoms with Crippen LogP contribution < -0.4 is 4.90 Å². The summed E-state index contributed by atoms with van der Waals surface area (Å²) in [6.45, 7) is 12.3. The fourth-order valence-electron chi connectivity index (χ4n) is 5.21. The van der Waals surface area contributed by atoms with Gasteiger partial charge in [0.2, 0.25) is 0 Å². The van der Waals surface area contributed by atoms with Crippen molar-refractivity contribution in [3.63, 3.8) is 0 Å². The van der Waals surface area contributed by atoms with Gasteiger partial charge in [0.25, 0.3) is 0 Å². The second kappa shape index (κ2) is 8.38. The summed E-state index contributed by atoms with van der Waals surface area (Å²) in [5.74, 6) is -0.0164. The molecule has 1 aliphatic heterocycles. The fraction of sp³-hybridized carbons (Fsp3) is 0.393. The highest BCUT2D eigenvalue weighted by molar-refractivity contribution is 9.10. The topological polar surface area (TPSA) is 89.4 Å². The zero-order valence-electron chi connectivity index (χ0n) is 21.2. The lowest BCUT2D eigenvalue weighted by Crippen LogP contribution is -2.50. The molecule has 0 unspecified atom stereocenters. The van der Waals surface area contributed by atoms with Crippen LogP contribution >= 0.6 is 15.9 Å². The largest absolute Gasteiger partial charge is 0.444 e. The quantitative estimate of drug-likeness (QED) is 0.419. The predicted octanol–water partition coefficient (Wildman–Crippen LogP) is 5.73. The Kier molecular flexibility index (Phi) is 5.68. The standard InChI is InChI=1S/C28H29BrN4O3/c1-27(2,3)36-26(35)33-10-8-32(9-11-33)22-14-19-18(13-20(22)29)24(34)23-17-7-6-16(15-30)12-21(17)31-25(23)28(19,4)5/h6-7,12-14,31H,8-11H2,1-5H3. The van der Waals surface area contributed by atoms with Crippen molar-refractivity contribution in [1.29, 1.82) is 5.26 Å². The zero-order valence-corrected chi connectivity index (χ0v) is 22.7. The number of nitrogens with zero attached hydrogens (tertiary/aromatic N) is 3. The highest BCUT2D eigenvalue weighted by Gasteiger charge is 2.40. The van der Waals surface area contributed by atoms with E-state index >= 15 is 0 Å². The molecule has 1 aliphatic carbocycles. The van der Waals surface area contributed by atoms with E-state index in [2.05, 4.69) is 51.8 Å². The van der Waals surface area contributed by atoms with Gasteiger partial charge in [-0.15, -0.1) is 0 Å². The molecular formula is C28H29BrN4O3. The van der Waals surface area contributed by atoms with Crippen LogP contribution in [-0.4, -0.2) is 53.5 Å². The number of nitrogens with one attached hydrogen (secondary N) is 1. The number of amides is 1. The van der Waals surface area contributed by atoms with Gasteiger partial charge in [-0.3, -0.25) is 4.79 Å².